The number of fused-ring (bicyclic) bond motifs is 1. The van der Waals surface area contributed by atoms with Crippen LogP contribution in [-0.4, -0.2) is 77.8 Å². The Hall–Kier alpha value is -4.75. The Morgan fingerprint density at radius 3 is 2.51 bits per heavy atom. The van der Waals surface area contributed by atoms with Crippen LogP contribution >= 0.6 is 0 Å². The largest absolute Gasteiger partial charge is 0.480 e. The molecule has 0 saturated carbocycles. The molecule has 3 heterocycles. The molecular weight excluding hydrogens is 510 g/mol. The molecule has 0 spiro atoms. The number of anilines is 1. The molecule has 3 aromatic rings. The molecular formula is C25H29N7O7. The van der Waals surface area contributed by atoms with Gasteiger partial charge in [-0.25, -0.2) is 29.3 Å². The van der Waals surface area contributed by atoms with Crippen molar-refractivity contribution < 1.29 is 33.8 Å². The first kappa shape index (κ1) is 27.3. The topological polar surface area (TPSA) is 178 Å². The van der Waals surface area contributed by atoms with Crippen molar-refractivity contribution >= 4 is 41.0 Å². The first-order valence-corrected chi connectivity index (χ1v) is 12.2. The van der Waals surface area contributed by atoms with Gasteiger partial charge in [0, 0.05) is 13.0 Å². The molecule has 14 nitrogen and oxygen atoms in total. The second-order valence-corrected chi connectivity index (χ2v) is 9.93. The fourth-order valence-electron chi connectivity index (χ4n) is 4.10. The summed E-state index contributed by atoms with van der Waals surface area (Å²) in [5.41, 5.74) is 0.573. The van der Waals surface area contributed by atoms with Crippen molar-refractivity contribution in [3.63, 3.8) is 0 Å². The van der Waals surface area contributed by atoms with E-state index in [-0.39, 0.29) is 43.1 Å². The summed E-state index contributed by atoms with van der Waals surface area (Å²) in [5.74, 6) is -1.60. The minimum atomic E-state index is -1.19. The number of ether oxygens (including phenoxy) is 2. The summed E-state index contributed by atoms with van der Waals surface area (Å²) in [5, 5.41) is 14.8. The molecule has 1 fully saturated rings. The van der Waals surface area contributed by atoms with Gasteiger partial charge < -0.3 is 29.4 Å². The number of carbonyl (C=O) groups is 4. The third-order valence-corrected chi connectivity index (χ3v) is 5.77. The highest BCUT2D eigenvalue weighted by molar-refractivity contribution is 5.94. The number of hydrogen-bond acceptors (Lipinski definition) is 9. The van der Waals surface area contributed by atoms with Gasteiger partial charge in [-0.1, -0.05) is 30.3 Å². The highest BCUT2D eigenvalue weighted by Gasteiger charge is 2.40. The van der Waals surface area contributed by atoms with E-state index in [1.165, 1.54) is 22.1 Å². The molecule has 1 aliphatic rings. The molecule has 0 bridgehead atoms. The van der Waals surface area contributed by atoms with E-state index in [4.69, 9.17) is 9.47 Å². The average Bonchev–Trinajstić information content (AvgIpc) is 3.47. The van der Waals surface area contributed by atoms with E-state index in [0.29, 0.717) is 0 Å². The van der Waals surface area contributed by atoms with Gasteiger partial charge in [0.05, 0.1) is 12.4 Å². The Balaban J connectivity index is 1.41. The molecule has 0 radical (unpaired) electrons. The summed E-state index contributed by atoms with van der Waals surface area (Å²) in [6.45, 7) is 4.93. The summed E-state index contributed by atoms with van der Waals surface area (Å²) in [6, 6.07) is 7.43. The van der Waals surface area contributed by atoms with E-state index in [1.54, 1.807) is 20.8 Å². The normalized spacial score (nSPS) is 17.1. The molecule has 0 unspecified atom stereocenters. The fraction of sp³-hybridized carbons (Fsp3) is 0.400. The van der Waals surface area contributed by atoms with Crippen molar-refractivity contribution in [1.82, 2.24) is 29.7 Å². The molecule has 0 aliphatic carbocycles. The van der Waals surface area contributed by atoms with Gasteiger partial charge in [0.1, 0.15) is 31.1 Å². The van der Waals surface area contributed by atoms with E-state index >= 15 is 0 Å². The lowest BCUT2D eigenvalue weighted by molar-refractivity contribution is -0.148. The lowest BCUT2D eigenvalue weighted by Crippen LogP contribution is -2.43. The molecule has 14 heteroatoms. The van der Waals surface area contributed by atoms with Crippen LogP contribution < -0.4 is 10.6 Å². The average molecular weight is 540 g/mol. The highest BCUT2D eigenvalue weighted by atomic mass is 16.6. The summed E-state index contributed by atoms with van der Waals surface area (Å²) < 4.78 is 11.9. The summed E-state index contributed by atoms with van der Waals surface area (Å²) in [4.78, 5) is 63.1. The number of amides is 3. The van der Waals surface area contributed by atoms with Gasteiger partial charge >= 0.3 is 18.2 Å². The van der Waals surface area contributed by atoms with Crippen LogP contribution in [0.25, 0.3) is 11.2 Å². The van der Waals surface area contributed by atoms with Crippen molar-refractivity contribution in [2.45, 2.75) is 58.0 Å². The van der Waals surface area contributed by atoms with Gasteiger partial charge in [-0.3, -0.25) is 10.1 Å². The van der Waals surface area contributed by atoms with Crippen LogP contribution in [0.15, 0.2) is 43.0 Å². The van der Waals surface area contributed by atoms with Crippen molar-refractivity contribution in [3.8, 4) is 0 Å². The second kappa shape index (κ2) is 11.3. The van der Waals surface area contributed by atoms with E-state index in [1.807, 2.05) is 30.3 Å². The first-order chi connectivity index (χ1) is 18.5. The van der Waals surface area contributed by atoms with Crippen molar-refractivity contribution in [3.05, 3.63) is 48.5 Å². The zero-order valence-electron chi connectivity index (χ0n) is 21.7. The van der Waals surface area contributed by atoms with Gasteiger partial charge in [0.2, 0.25) is 5.91 Å². The zero-order valence-corrected chi connectivity index (χ0v) is 21.7. The number of alkyl carbamates (subject to hydrolysis) is 1. The number of rotatable bonds is 7. The first-order valence-electron chi connectivity index (χ1n) is 12.2. The SMILES string of the molecule is CC(C)(C)OC(=O)N[C@@H]1C[C@@H](C(=O)O)N(C(=O)Cn2cnc3c(NC(=O)OCc4ccccc4)ncnc32)C1. The number of likely N-dealkylation sites (tertiary alicyclic amines) is 1. The van der Waals surface area contributed by atoms with Gasteiger partial charge in [-0.15, -0.1) is 0 Å². The predicted octanol–water partition coefficient (Wildman–Crippen LogP) is 2.15. The Kier molecular flexibility index (Phi) is 7.93. The Morgan fingerprint density at radius 1 is 1.08 bits per heavy atom. The van der Waals surface area contributed by atoms with Crippen molar-refractivity contribution in [2.24, 2.45) is 0 Å². The van der Waals surface area contributed by atoms with Crippen molar-refractivity contribution in [1.29, 1.82) is 0 Å². The number of aliphatic carboxylic acids is 1. The summed E-state index contributed by atoms with van der Waals surface area (Å²) in [6.07, 6.45) is 1.15. The number of nitrogens with zero attached hydrogens (tertiary/aromatic N) is 5. The maximum absolute atomic E-state index is 13.2. The van der Waals surface area contributed by atoms with E-state index in [9.17, 15) is 24.3 Å². The number of carbonyl (C=O) groups excluding carboxylic acids is 3. The summed E-state index contributed by atoms with van der Waals surface area (Å²) in [7, 11) is 0. The molecule has 1 aromatic carbocycles. The number of benzene rings is 1. The molecule has 39 heavy (non-hydrogen) atoms. The third-order valence-electron chi connectivity index (χ3n) is 5.77. The predicted molar refractivity (Wildman–Crippen MR) is 136 cm³/mol. The Labute approximate surface area is 223 Å². The number of hydrogen-bond donors (Lipinski definition) is 3. The van der Waals surface area contributed by atoms with Crippen molar-refractivity contribution in [2.75, 3.05) is 11.9 Å². The lowest BCUT2D eigenvalue weighted by Gasteiger charge is -2.22. The Bertz CT molecular complexity index is 1370. The van der Waals surface area contributed by atoms with Crippen LogP contribution in [0.2, 0.25) is 0 Å². The van der Waals surface area contributed by atoms with Gasteiger partial charge in [-0.05, 0) is 26.3 Å². The molecule has 1 saturated heterocycles. The van der Waals surface area contributed by atoms with Crippen LogP contribution in [-0.2, 0) is 32.2 Å². The quantitative estimate of drug-likeness (QED) is 0.403. The number of nitrogens with one attached hydrogen (secondary N) is 2. The highest BCUT2D eigenvalue weighted by Crippen LogP contribution is 2.22. The van der Waals surface area contributed by atoms with Gasteiger partial charge in [0.25, 0.3) is 0 Å². The maximum Gasteiger partial charge on any atom is 0.413 e. The van der Waals surface area contributed by atoms with E-state index in [0.717, 1.165) is 5.56 Å². The standard InChI is InChI=1S/C25H29N7O7/c1-25(2,3)39-24(37)29-16-9-17(22(34)35)32(10-16)18(33)11-31-14-28-19-20(26-13-27-21(19)31)30-23(36)38-12-15-7-5-4-6-8-15/h4-8,13-14,16-17H,9-12H2,1-3H3,(H,29,37)(H,34,35)(H,26,27,30,36)/t16-,17+/m1/s1. The molecule has 1 aliphatic heterocycles. The van der Waals surface area contributed by atoms with Crippen LogP contribution in [0, 0.1) is 0 Å². The molecule has 206 valence electrons. The minimum absolute atomic E-state index is 0.00326. The van der Waals surface area contributed by atoms with E-state index in [2.05, 4.69) is 25.6 Å². The minimum Gasteiger partial charge on any atom is -0.480 e. The zero-order chi connectivity index (χ0) is 28.2. The Morgan fingerprint density at radius 2 is 1.82 bits per heavy atom. The summed E-state index contributed by atoms with van der Waals surface area (Å²) >= 11 is 0. The van der Waals surface area contributed by atoms with Gasteiger partial charge in [-0.2, -0.15) is 0 Å². The maximum atomic E-state index is 13.2. The third kappa shape index (κ3) is 6.97. The molecule has 4 rings (SSSR count). The van der Waals surface area contributed by atoms with Crippen LogP contribution in [0.4, 0.5) is 15.4 Å². The van der Waals surface area contributed by atoms with Crippen LogP contribution in [0.1, 0.15) is 32.8 Å². The molecule has 3 N–H and O–H groups in total. The number of aromatic nitrogens is 4. The smallest absolute Gasteiger partial charge is 0.413 e. The molecule has 3 amide bonds. The van der Waals surface area contributed by atoms with Crippen LogP contribution in [0.5, 0.6) is 0 Å². The second-order valence-electron chi connectivity index (χ2n) is 9.93. The number of carboxylic acids is 1. The molecule has 2 atom stereocenters. The number of imidazole rings is 1. The van der Waals surface area contributed by atoms with Crippen LogP contribution in [0.3, 0.4) is 0 Å². The number of carboxylic acid groups (broad SMARTS) is 1. The fourth-order valence-corrected chi connectivity index (χ4v) is 4.10. The van der Waals surface area contributed by atoms with E-state index < -0.39 is 41.7 Å². The lowest BCUT2D eigenvalue weighted by atomic mass is 10.1. The molecule has 2 aromatic heterocycles. The van der Waals surface area contributed by atoms with Gasteiger partial charge in [0.15, 0.2) is 17.0 Å². The monoisotopic (exact) mass is 539 g/mol.